The van der Waals surface area contributed by atoms with E-state index >= 15 is 0 Å². The summed E-state index contributed by atoms with van der Waals surface area (Å²) in [4.78, 5) is 13.5. The molecule has 1 heterocycles. The number of carbonyl (C=O) groups excluding carboxylic acids is 1. The fraction of sp³-hybridized carbons (Fsp3) is 0.0588. The third-order valence-corrected chi connectivity index (χ3v) is 4.98. The van der Waals surface area contributed by atoms with E-state index in [0.29, 0.717) is 5.56 Å². The van der Waals surface area contributed by atoms with E-state index in [2.05, 4.69) is 0 Å². The quantitative estimate of drug-likeness (QED) is 0.344. The summed E-state index contributed by atoms with van der Waals surface area (Å²) >= 11 is 11.6. The molecule has 0 saturated carbocycles. The molecule has 2 aromatic rings. The number of halogens is 5. The molecule has 1 aliphatic rings. The molecule has 2 aromatic carbocycles. The van der Waals surface area contributed by atoms with Crippen LogP contribution in [0.4, 0.5) is 23.2 Å². The Kier molecular flexibility index (Phi) is 5.09. The fourth-order valence-electron chi connectivity index (χ4n) is 2.35. The minimum atomic E-state index is -4.71. The Morgan fingerprint density at radius 1 is 1.15 bits per heavy atom. The highest BCUT2D eigenvalue weighted by molar-refractivity contribution is 8.27. The van der Waals surface area contributed by atoms with E-state index in [1.54, 1.807) is 6.07 Å². The van der Waals surface area contributed by atoms with E-state index in [1.807, 2.05) is 0 Å². The number of carbonyl (C=O) groups is 1. The van der Waals surface area contributed by atoms with Gasteiger partial charge in [-0.2, -0.15) is 13.2 Å². The van der Waals surface area contributed by atoms with Crippen LogP contribution >= 0.6 is 35.6 Å². The maximum absolute atomic E-state index is 13.3. The van der Waals surface area contributed by atoms with Gasteiger partial charge < -0.3 is 0 Å². The van der Waals surface area contributed by atoms with Crippen LogP contribution in [0.15, 0.2) is 47.4 Å². The zero-order valence-corrected chi connectivity index (χ0v) is 15.1. The SMILES string of the molecule is O=C1/C(=C/c2cccc(F)c2)SC(=S)N1c1ccc(Cl)cc1C(F)(F)F. The number of rotatable bonds is 2. The molecule has 9 heteroatoms. The van der Waals surface area contributed by atoms with Crippen molar-refractivity contribution in [3.05, 3.63) is 69.3 Å². The molecule has 1 amide bonds. The number of benzene rings is 2. The van der Waals surface area contributed by atoms with Gasteiger partial charge in [0, 0.05) is 5.02 Å². The van der Waals surface area contributed by atoms with Crippen LogP contribution in [0.1, 0.15) is 11.1 Å². The Morgan fingerprint density at radius 2 is 1.88 bits per heavy atom. The van der Waals surface area contributed by atoms with Crippen molar-refractivity contribution in [1.82, 2.24) is 0 Å². The average molecular weight is 418 g/mol. The molecule has 0 unspecified atom stereocenters. The van der Waals surface area contributed by atoms with Crippen LogP contribution in [-0.2, 0) is 11.0 Å². The van der Waals surface area contributed by atoms with Gasteiger partial charge in [-0.3, -0.25) is 9.69 Å². The van der Waals surface area contributed by atoms with Crippen LogP contribution in [0, 0.1) is 5.82 Å². The Morgan fingerprint density at radius 3 is 2.54 bits per heavy atom. The van der Waals surface area contributed by atoms with E-state index in [0.717, 1.165) is 28.8 Å². The van der Waals surface area contributed by atoms with Crippen molar-refractivity contribution in [3.63, 3.8) is 0 Å². The zero-order chi connectivity index (χ0) is 19.1. The third-order valence-electron chi connectivity index (χ3n) is 3.45. The molecule has 0 aromatic heterocycles. The summed E-state index contributed by atoms with van der Waals surface area (Å²) in [6, 6.07) is 8.57. The molecule has 0 spiro atoms. The monoisotopic (exact) mass is 417 g/mol. The molecule has 0 radical (unpaired) electrons. The van der Waals surface area contributed by atoms with E-state index in [9.17, 15) is 22.4 Å². The summed E-state index contributed by atoms with van der Waals surface area (Å²) in [5, 5.41) is -0.109. The molecule has 1 fully saturated rings. The van der Waals surface area contributed by atoms with Gasteiger partial charge in [0.05, 0.1) is 16.2 Å². The molecular weight excluding hydrogens is 410 g/mol. The van der Waals surface area contributed by atoms with Gasteiger partial charge in [-0.25, -0.2) is 4.39 Å². The van der Waals surface area contributed by atoms with Crippen LogP contribution in [-0.4, -0.2) is 10.2 Å². The molecule has 0 N–H and O–H groups in total. The summed E-state index contributed by atoms with van der Waals surface area (Å²) in [7, 11) is 0. The maximum Gasteiger partial charge on any atom is 0.418 e. The van der Waals surface area contributed by atoms with Gasteiger partial charge in [0.2, 0.25) is 0 Å². The van der Waals surface area contributed by atoms with Crippen molar-refractivity contribution in [1.29, 1.82) is 0 Å². The molecule has 0 aliphatic carbocycles. The van der Waals surface area contributed by atoms with Crippen molar-refractivity contribution in [2.24, 2.45) is 0 Å². The van der Waals surface area contributed by atoms with Crippen molar-refractivity contribution in [3.8, 4) is 0 Å². The smallest absolute Gasteiger partial charge is 0.268 e. The number of hydrogen-bond acceptors (Lipinski definition) is 3. The highest BCUT2D eigenvalue weighted by atomic mass is 35.5. The molecule has 1 aliphatic heterocycles. The lowest BCUT2D eigenvalue weighted by molar-refractivity contribution is -0.137. The first-order chi connectivity index (χ1) is 12.2. The zero-order valence-electron chi connectivity index (χ0n) is 12.7. The molecule has 3 rings (SSSR count). The number of anilines is 1. The minimum absolute atomic E-state index is 0.0505. The lowest BCUT2D eigenvalue weighted by Crippen LogP contribution is -2.29. The highest BCUT2D eigenvalue weighted by Gasteiger charge is 2.41. The standard InChI is InChI=1S/C17H8ClF4NOS2/c18-10-4-5-13(12(8-10)17(20,21)22)23-15(24)14(26-16(23)25)7-9-2-1-3-11(19)6-9/h1-8H/b14-7-. The predicted octanol–water partition coefficient (Wildman–Crippen LogP) is 5.90. The first-order valence-corrected chi connectivity index (χ1v) is 8.67. The summed E-state index contributed by atoms with van der Waals surface area (Å²) in [5.41, 5.74) is -1.06. The van der Waals surface area contributed by atoms with Crippen molar-refractivity contribution >= 4 is 57.6 Å². The van der Waals surface area contributed by atoms with E-state index < -0.39 is 29.2 Å². The number of thiocarbonyl (C=S) groups is 1. The topological polar surface area (TPSA) is 20.3 Å². The van der Waals surface area contributed by atoms with Gasteiger partial charge >= 0.3 is 6.18 Å². The van der Waals surface area contributed by atoms with Crippen LogP contribution < -0.4 is 4.90 Å². The molecule has 26 heavy (non-hydrogen) atoms. The first-order valence-electron chi connectivity index (χ1n) is 7.07. The Bertz CT molecular complexity index is 943. The Labute approximate surface area is 160 Å². The van der Waals surface area contributed by atoms with Gasteiger partial charge in [0.1, 0.15) is 5.82 Å². The van der Waals surface area contributed by atoms with Gasteiger partial charge in [-0.05, 0) is 42.0 Å². The van der Waals surface area contributed by atoms with Gasteiger partial charge in [0.15, 0.2) is 4.32 Å². The second-order valence-corrected chi connectivity index (χ2v) is 7.34. The molecule has 2 nitrogen and oxygen atoms in total. The number of thioether (sulfide) groups is 1. The summed E-state index contributed by atoms with van der Waals surface area (Å²) < 4.78 is 53.2. The van der Waals surface area contributed by atoms with Crippen molar-refractivity contribution < 1.29 is 22.4 Å². The lowest BCUT2D eigenvalue weighted by Gasteiger charge is -2.20. The van der Waals surface area contributed by atoms with E-state index in [4.69, 9.17) is 23.8 Å². The number of amides is 1. The molecule has 0 bridgehead atoms. The third kappa shape index (κ3) is 3.77. The Hall–Kier alpha value is -1.90. The second kappa shape index (κ2) is 7.02. The molecule has 134 valence electrons. The normalized spacial score (nSPS) is 16.7. The second-order valence-electron chi connectivity index (χ2n) is 5.23. The van der Waals surface area contributed by atoms with Gasteiger partial charge in [-0.15, -0.1) is 0 Å². The van der Waals surface area contributed by atoms with Gasteiger partial charge in [-0.1, -0.05) is 47.7 Å². The maximum atomic E-state index is 13.3. The van der Waals surface area contributed by atoms with Crippen molar-refractivity contribution in [2.45, 2.75) is 6.18 Å². The summed E-state index contributed by atoms with van der Waals surface area (Å²) in [5.74, 6) is -1.21. The highest BCUT2D eigenvalue weighted by Crippen LogP contribution is 2.43. The first kappa shape index (κ1) is 18.9. The Balaban J connectivity index is 2.03. The van der Waals surface area contributed by atoms with Crippen LogP contribution in [0.5, 0.6) is 0 Å². The average Bonchev–Trinajstić information content (AvgIpc) is 2.81. The van der Waals surface area contributed by atoms with Crippen LogP contribution in [0.2, 0.25) is 5.02 Å². The molecule has 1 saturated heterocycles. The summed E-state index contributed by atoms with van der Waals surface area (Å²) in [6.07, 6.45) is -3.33. The van der Waals surface area contributed by atoms with Crippen LogP contribution in [0.3, 0.4) is 0 Å². The number of nitrogens with zero attached hydrogens (tertiary/aromatic N) is 1. The number of alkyl halides is 3. The van der Waals surface area contributed by atoms with E-state index in [1.165, 1.54) is 30.3 Å². The van der Waals surface area contributed by atoms with Crippen molar-refractivity contribution in [2.75, 3.05) is 4.90 Å². The van der Waals surface area contributed by atoms with Gasteiger partial charge in [0.25, 0.3) is 5.91 Å². The predicted molar refractivity (Wildman–Crippen MR) is 98.5 cm³/mol. The lowest BCUT2D eigenvalue weighted by atomic mass is 10.1. The van der Waals surface area contributed by atoms with Crippen LogP contribution in [0.25, 0.3) is 6.08 Å². The fourth-order valence-corrected chi connectivity index (χ4v) is 3.81. The minimum Gasteiger partial charge on any atom is -0.268 e. The summed E-state index contributed by atoms with van der Waals surface area (Å²) in [6.45, 7) is 0. The molecular formula is C17H8ClF4NOS2. The largest absolute Gasteiger partial charge is 0.418 e. The van der Waals surface area contributed by atoms with E-state index in [-0.39, 0.29) is 14.2 Å². The molecule has 0 atom stereocenters. The number of hydrogen-bond donors (Lipinski definition) is 0.